The van der Waals surface area contributed by atoms with Gasteiger partial charge in [-0.15, -0.1) is 0 Å². The molecule has 1 amide bonds. The number of benzene rings is 1. The number of halogens is 4. The number of carbonyl (C=O) groups is 1. The highest BCUT2D eigenvalue weighted by atomic mass is 127. The largest absolute Gasteiger partial charge is 0.421 e. The topological polar surface area (TPSA) is 40.5 Å². The number of carbonyl (C=O) groups excluding carboxylic acids is 1. The molecule has 1 aliphatic rings. The van der Waals surface area contributed by atoms with Gasteiger partial charge in [-0.2, -0.15) is 13.2 Å². The third-order valence-electron chi connectivity index (χ3n) is 3.94. The van der Waals surface area contributed by atoms with Gasteiger partial charge in [0.15, 0.2) is 5.60 Å². The molecule has 0 aliphatic carbocycles. The molecule has 1 unspecified atom stereocenters. The SMILES string of the molecule is CC(O)(c1ccc(C(=O)N2CCCC[C@@H]2I)cc1)C(F)(F)F. The van der Waals surface area contributed by atoms with Crippen LogP contribution in [0.4, 0.5) is 13.2 Å². The van der Waals surface area contributed by atoms with Crippen LogP contribution in [0.1, 0.15) is 42.1 Å². The van der Waals surface area contributed by atoms with Crippen molar-refractivity contribution in [3.05, 3.63) is 35.4 Å². The van der Waals surface area contributed by atoms with Crippen LogP contribution in [-0.4, -0.2) is 32.7 Å². The zero-order chi connectivity index (χ0) is 16.5. The summed E-state index contributed by atoms with van der Waals surface area (Å²) in [6.45, 7) is 1.36. The van der Waals surface area contributed by atoms with Crippen LogP contribution in [-0.2, 0) is 5.60 Å². The minimum Gasteiger partial charge on any atom is -0.376 e. The van der Waals surface area contributed by atoms with Gasteiger partial charge in [0.05, 0.1) is 4.05 Å². The summed E-state index contributed by atoms with van der Waals surface area (Å²) < 4.78 is 38.5. The molecule has 2 atom stereocenters. The molecular formula is C15H17F3INO2. The molecule has 2 rings (SSSR count). The lowest BCUT2D eigenvalue weighted by Gasteiger charge is -2.32. The van der Waals surface area contributed by atoms with E-state index < -0.39 is 11.8 Å². The number of rotatable bonds is 2. The fourth-order valence-corrected chi connectivity index (χ4v) is 3.36. The zero-order valence-corrected chi connectivity index (χ0v) is 14.2. The molecule has 1 N–H and O–H groups in total. The summed E-state index contributed by atoms with van der Waals surface area (Å²) in [6, 6.07) is 5.01. The van der Waals surface area contributed by atoms with Gasteiger partial charge in [0, 0.05) is 12.1 Å². The van der Waals surface area contributed by atoms with E-state index in [0.717, 1.165) is 31.4 Å². The summed E-state index contributed by atoms with van der Waals surface area (Å²) in [5.74, 6) is -0.183. The Morgan fingerprint density at radius 2 is 1.86 bits per heavy atom. The Kier molecular flexibility index (Phi) is 5.06. The van der Waals surface area contributed by atoms with Gasteiger partial charge < -0.3 is 10.0 Å². The van der Waals surface area contributed by atoms with Gasteiger partial charge in [-0.1, -0.05) is 34.7 Å². The number of alkyl halides is 4. The molecule has 1 aliphatic heterocycles. The maximum Gasteiger partial charge on any atom is 0.421 e. The van der Waals surface area contributed by atoms with Crippen LogP contribution in [0.3, 0.4) is 0 Å². The van der Waals surface area contributed by atoms with Crippen molar-refractivity contribution >= 4 is 28.5 Å². The molecule has 3 nitrogen and oxygen atoms in total. The fourth-order valence-electron chi connectivity index (χ4n) is 2.39. The predicted molar refractivity (Wildman–Crippen MR) is 84.8 cm³/mol. The van der Waals surface area contributed by atoms with E-state index in [9.17, 15) is 23.1 Å². The highest BCUT2D eigenvalue weighted by Crippen LogP contribution is 2.38. The van der Waals surface area contributed by atoms with E-state index in [0.29, 0.717) is 19.0 Å². The molecule has 1 saturated heterocycles. The number of amides is 1. The van der Waals surface area contributed by atoms with Gasteiger partial charge in [-0.3, -0.25) is 4.79 Å². The van der Waals surface area contributed by atoms with E-state index in [4.69, 9.17) is 0 Å². The molecular weight excluding hydrogens is 410 g/mol. The molecule has 0 spiro atoms. The normalized spacial score (nSPS) is 22.3. The van der Waals surface area contributed by atoms with E-state index in [1.807, 2.05) is 0 Å². The molecule has 122 valence electrons. The van der Waals surface area contributed by atoms with Crippen LogP contribution in [0.2, 0.25) is 0 Å². The third kappa shape index (κ3) is 3.40. The van der Waals surface area contributed by atoms with Gasteiger partial charge in [0.2, 0.25) is 0 Å². The Morgan fingerprint density at radius 1 is 1.27 bits per heavy atom. The summed E-state index contributed by atoms with van der Waals surface area (Å²) in [5, 5.41) is 9.62. The van der Waals surface area contributed by atoms with Crippen molar-refractivity contribution in [3.8, 4) is 0 Å². The minimum atomic E-state index is -4.77. The van der Waals surface area contributed by atoms with E-state index in [2.05, 4.69) is 22.6 Å². The summed E-state index contributed by atoms with van der Waals surface area (Å²) in [6.07, 6.45) is -1.83. The van der Waals surface area contributed by atoms with Crippen molar-refractivity contribution in [3.63, 3.8) is 0 Å². The number of hydrogen-bond donors (Lipinski definition) is 1. The smallest absolute Gasteiger partial charge is 0.376 e. The molecule has 0 saturated carbocycles. The van der Waals surface area contributed by atoms with E-state index in [1.165, 1.54) is 12.1 Å². The van der Waals surface area contributed by atoms with Gasteiger partial charge >= 0.3 is 6.18 Å². The Hall–Kier alpha value is -0.830. The highest BCUT2D eigenvalue weighted by molar-refractivity contribution is 14.1. The van der Waals surface area contributed by atoms with Crippen molar-refractivity contribution < 1.29 is 23.1 Å². The van der Waals surface area contributed by atoms with E-state index in [1.54, 1.807) is 4.90 Å². The molecule has 1 aromatic rings. The quantitative estimate of drug-likeness (QED) is 0.443. The van der Waals surface area contributed by atoms with Crippen LogP contribution in [0.15, 0.2) is 24.3 Å². The minimum absolute atomic E-state index is 0.108. The molecule has 1 heterocycles. The predicted octanol–water partition coefficient (Wildman–Crippen LogP) is 3.84. The van der Waals surface area contributed by atoms with Gasteiger partial charge in [-0.25, -0.2) is 0 Å². The number of hydrogen-bond acceptors (Lipinski definition) is 2. The lowest BCUT2D eigenvalue weighted by molar-refractivity contribution is -0.258. The molecule has 1 aromatic carbocycles. The monoisotopic (exact) mass is 427 g/mol. The van der Waals surface area contributed by atoms with E-state index >= 15 is 0 Å². The van der Waals surface area contributed by atoms with Crippen LogP contribution < -0.4 is 0 Å². The number of nitrogens with zero attached hydrogens (tertiary/aromatic N) is 1. The fraction of sp³-hybridized carbons (Fsp3) is 0.533. The Balaban J connectivity index is 2.20. The second kappa shape index (κ2) is 6.35. The maximum atomic E-state index is 12.8. The molecule has 7 heteroatoms. The zero-order valence-electron chi connectivity index (χ0n) is 12.0. The van der Waals surface area contributed by atoms with Crippen LogP contribution >= 0.6 is 22.6 Å². The molecule has 0 aromatic heterocycles. The van der Waals surface area contributed by atoms with Crippen molar-refractivity contribution in [1.29, 1.82) is 0 Å². The maximum absolute atomic E-state index is 12.8. The Labute approximate surface area is 140 Å². The summed E-state index contributed by atoms with van der Waals surface area (Å²) in [7, 11) is 0. The van der Waals surface area contributed by atoms with Crippen molar-refractivity contribution in [2.24, 2.45) is 0 Å². The molecule has 1 fully saturated rings. The first-order valence-electron chi connectivity index (χ1n) is 6.99. The summed E-state index contributed by atoms with van der Waals surface area (Å²) >= 11 is 2.21. The number of likely N-dealkylation sites (tertiary alicyclic amines) is 1. The van der Waals surface area contributed by atoms with E-state index in [-0.39, 0.29) is 15.5 Å². The van der Waals surface area contributed by atoms with Crippen molar-refractivity contribution in [1.82, 2.24) is 4.90 Å². The average Bonchev–Trinajstić information content (AvgIpc) is 2.46. The summed E-state index contributed by atoms with van der Waals surface area (Å²) in [4.78, 5) is 14.1. The average molecular weight is 427 g/mol. The highest BCUT2D eigenvalue weighted by Gasteiger charge is 2.51. The first kappa shape index (κ1) is 17.5. The molecule has 0 radical (unpaired) electrons. The lowest BCUT2D eigenvalue weighted by Crippen LogP contribution is -2.41. The lowest BCUT2D eigenvalue weighted by atomic mass is 9.94. The summed E-state index contributed by atoms with van der Waals surface area (Å²) in [5.41, 5.74) is -2.86. The second-order valence-corrected chi connectivity index (χ2v) is 7.01. The standard InChI is InChI=1S/C15H17F3INO2/c1-14(22,15(16,17)18)11-7-5-10(6-8-11)13(21)20-9-3-2-4-12(20)19/h5-8,12,22H,2-4,9H2,1H3/t12-,14?/m1/s1. The van der Waals surface area contributed by atoms with Gasteiger partial charge in [-0.05, 0) is 43.9 Å². The van der Waals surface area contributed by atoms with Crippen LogP contribution in [0, 0.1) is 0 Å². The molecule has 22 heavy (non-hydrogen) atoms. The first-order valence-corrected chi connectivity index (χ1v) is 8.24. The third-order valence-corrected chi connectivity index (χ3v) is 5.23. The van der Waals surface area contributed by atoms with Crippen LogP contribution in [0.5, 0.6) is 0 Å². The van der Waals surface area contributed by atoms with Crippen molar-refractivity contribution in [2.75, 3.05) is 6.54 Å². The number of piperidine rings is 1. The second-order valence-electron chi connectivity index (χ2n) is 5.58. The Morgan fingerprint density at radius 3 is 2.36 bits per heavy atom. The first-order chi connectivity index (χ1) is 10.1. The molecule has 0 bridgehead atoms. The van der Waals surface area contributed by atoms with Gasteiger partial charge in [0.1, 0.15) is 0 Å². The van der Waals surface area contributed by atoms with Crippen LogP contribution in [0.25, 0.3) is 0 Å². The number of aliphatic hydroxyl groups is 1. The van der Waals surface area contributed by atoms with Crippen molar-refractivity contribution in [2.45, 2.75) is 42.0 Å². The van der Waals surface area contributed by atoms with Gasteiger partial charge in [0.25, 0.3) is 5.91 Å². The Bertz CT molecular complexity index is 543.